The number of nitrogens with two attached hydrogens (primary N) is 1. The summed E-state index contributed by atoms with van der Waals surface area (Å²) in [5, 5.41) is 0. The first-order chi connectivity index (χ1) is 8.41. The van der Waals surface area contributed by atoms with E-state index in [9.17, 15) is 0 Å². The summed E-state index contributed by atoms with van der Waals surface area (Å²) in [5.74, 6) is 1.10. The third-order valence-corrected chi connectivity index (χ3v) is 3.72. The number of pyridine rings is 1. The van der Waals surface area contributed by atoms with Crippen LogP contribution >= 0.6 is 0 Å². The second-order valence-corrected chi connectivity index (χ2v) is 6.36. The number of rotatable bonds is 2. The van der Waals surface area contributed by atoms with Crippen LogP contribution in [0.1, 0.15) is 51.8 Å². The Bertz CT molecular complexity index is 420. The van der Waals surface area contributed by atoms with Crippen molar-refractivity contribution in [3.63, 3.8) is 0 Å². The molecule has 2 rings (SSSR count). The van der Waals surface area contributed by atoms with Gasteiger partial charge < -0.3 is 10.6 Å². The Hall–Kier alpha value is -1.09. The fraction of sp³-hybridized carbons (Fsp3) is 0.667. The van der Waals surface area contributed by atoms with E-state index in [1.54, 1.807) is 0 Å². The molecule has 1 aromatic heterocycles. The number of hydrogen-bond acceptors (Lipinski definition) is 3. The highest BCUT2D eigenvalue weighted by Gasteiger charge is 2.24. The topological polar surface area (TPSA) is 42.1 Å². The standard InChI is InChI=1S/C15H25N3/c1-11-6-5-7-18(11)14-9-12(10-16)8-13(17-14)15(2,3)4/h8-9,11H,5-7,10,16H2,1-4H3. The Labute approximate surface area is 110 Å². The second-order valence-electron chi connectivity index (χ2n) is 6.36. The zero-order valence-corrected chi connectivity index (χ0v) is 12.0. The molecule has 3 nitrogen and oxygen atoms in total. The van der Waals surface area contributed by atoms with Crippen LogP contribution in [0.3, 0.4) is 0 Å². The van der Waals surface area contributed by atoms with E-state index in [-0.39, 0.29) is 5.41 Å². The number of hydrogen-bond donors (Lipinski definition) is 1. The van der Waals surface area contributed by atoms with Gasteiger partial charge in [0.15, 0.2) is 0 Å². The van der Waals surface area contributed by atoms with Crippen LogP contribution in [0, 0.1) is 0 Å². The molecular weight excluding hydrogens is 222 g/mol. The largest absolute Gasteiger partial charge is 0.354 e. The summed E-state index contributed by atoms with van der Waals surface area (Å²) in [6.07, 6.45) is 2.53. The maximum absolute atomic E-state index is 5.82. The Kier molecular flexibility index (Phi) is 3.62. The van der Waals surface area contributed by atoms with Gasteiger partial charge in [-0.3, -0.25) is 0 Å². The molecule has 0 aromatic carbocycles. The summed E-state index contributed by atoms with van der Waals surface area (Å²) in [7, 11) is 0. The summed E-state index contributed by atoms with van der Waals surface area (Å²) in [4.78, 5) is 7.27. The van der Waals surface area contributed by atoms with E-state index >= 15 is 0 Å². The molecule has 1 aliphatic heterocycles. The molecule has 100 valence electrons. The van der Waals surface area contributed by atoms with Gasteiger partial charge in [-0.15, -0.1) is 0 Å². The summed E-state index contributed by atoms with van der Waals surface area (Å²) in [6, 6.07) is 4.89. The smallest absolute Gasteiger partial charge is 0.129 e. The predicted molar refractivity (Wildman–Crippen MR) is 76.9 cm³/mol. The minimum Gasteiger partial charge on any atom is -0.354 e. The van der Waals surface area contributed by atoms with Crippen LogP contribution in [-0.4, -0.2) is 17.6 Å². The molecule has 2 heterocycles. The normalized spacial score (nSPS) is 20.5. The van der Waals surface area contributed by atoms with Crippen LogP contribution in [0.25, 0.3) is 0 Å². The number of nitrogens with zero attached hydrogens (tertiary/aromatic N) is 2. The second kappa shape index (κ2) is 4.88. The van der Waals surface area contributed by atoms with Crippen molar-refractivity contribution in [3.05, 3.63) is 23.4 Å². The zero-order chi connectivity index (χ0) is 13.3. The number of aromatic nitrogens is 1. The van der Waals surface area contributed by atoms with Crippen molar-refractivity contribution in [2.45, 2.75) is 58.5 Å². The van der Waals surface area contributed by atoms with E-state index in [1.165, 1.54) is 18.4 Å². The van der Waals surface area contributed by atoms with Crippen molar-refractivity contribution in [3.8, 4) is 0 Å². The molecule has 1 aromatic rings. The average Bonchev–Trinajstić information content (AvgIpc) is 2.73. The molecule has 1 unspecified atom stereocenters. The van der Waals surface area contributed by atoms with Gasteiger partial charge in [0.05, 0.1) is 0 Å². The third kappa shape index (κ3) is 2.66. The van der Waals surface area contributed by atoms with Gasteiger partial charge in [0.2, 0.25) is 0 Å². The van der Waals surface area contributed by atoms with Gasteiger partial charge in [0, 0.05) is 30.2 Å². The van der Waals surface area contributed by atoms with Gasteiger partial charge in [0.25, 0.3) is 0 Å². The summed E-state index contributed by atoms with van der Waals surface area (Å²) >= 11 is 0. The molecule has 1 saturated heterocycles. The lowest BCUT2D eigenvalue weighted by Gasteiger charge is -2.26. The molecule has 0 spiro atoms. The lowest BCUT2D eigenvalue weighted by molar-refractivity contribution is 0.566. The van der Waals surface area contributed by atoms with E-state index in [0.717, 1.165) is 18.1 Å². The number of anilines is 1. The van der Waals surface area contributed by atoms with E-state index in [0.29, 0.717) is 12.6 Å². The maximum atomic E-state index is 5.82. The monoisotopic (exact) mass is 247 g/mol. The Morgan fingerprint density at radius 2 is 2.11 bits per heavy atom. The molecule has 3 heteroatoms. The molecule has 2 N–H and O–H groups in total. The SMILES string of the molecule is CC1CCCN1c1cc(CN)cc(C(C)(C)C)n1. The minimum atomic E-state index is 0.0723. The molecule has 18 heavy (non-hydrogen) atoms. The van der Waals surface area contributed by atoms with Crippen molar-refractivity contribution in [2.75, 3.05) is 11.4 Å². The quantitative estimate of drug-likeness (QED) is 0.874. The Morgan fingerprint density at radius 3 is 2.61 bits per heavy atom. The molecule has 0 saturated carbocycles. The highest BCUT2D eigenvalue weighted by atomic mass is 15.2. The van der Waals surface area contributed by atoms with Gasteiger partial charge in [-0.25, -0.2) is 4.98 Å². The lowest BCUT2D eigenvalue weighted by atomic mass is 9.90. The van der Waals surface area contributed by atoms with Crippen LogP contribution in [0.15, 0.2) is 12.1 Å². The maximum Gasteiger partial charge on any atom is 0.129 e. The van der Waals surface area contributed by atoms with E-state index in [1.807, 2.05) is 0 Å². The minimum absolute atomic E-state index is 0.0723. The van der Waals surface area contributed by atoms with Crippen molar-refractivity contribution in [1.29, 1.82) is 0 Å². The molecular formula is C15H25N3. The predicted octanol–water partition coefficient (Wildman–Crippen LogP) is 2.83. The first-order valence-electron chi connectivity index (χ1n) is 6.90. The van der Waals surface area contributed by atoms with Gasteiger partial charge >= 0.3 is 0 Å². The zero-order valence-electron chi connectivity index (χ0n) is 12.0. The van der Waals surface area contributed by atoms with Gasteiger partial charge in [-0.1, -0.05) is 20.8 Å². The van der Waals surface area contributed by atoms with Crippen LogP contribution in [-0.2, 0) is 12.0 Å². The summed E-state index contributed by atoms with van der Waals surface area (Å²) in [5.41, 5.74) is 8.21. The van der Waals surface area contributed by atoms with Crippen LogP contribution in [0.4, 0.5) is 5.82 Å². The molecule has 0 bridgehead atoms. The highest BCUT2D eigenvalue weighted by molar-refractivity contribution is 5.45. The molecule has 1 fully saturated rings. The Morgan fingerprint density at radius 1 is 1.39 bits per heavy atom. The molecule has 0 aliphatic carbocycles. The molecule has 0 radical (unpaired) electrons. The van der Waals surface area contributed by atoms with Crippen LogP contribution in [0.5, 0.6) is 0 Å². The van der Waals surface area contributed by atoms with Crippen molar-refractivity contribution in [2.24, 2.45) is 5.73 Å². The summed E-state index contributed by atoms with van der Waals surface area (Å²) in [6.45, 7) is 10.6. The molecule has 1 atom stereocenters. The third-order valence-electron chi connectivity index (χ3n) is 3.72. The van der Waals surface area contributed by atoms with Crippen LogP contribution in [0.2, 0.25) is 0 Å². The summed E-state index contributed by atoms with van der Waals surface area (Å²) < 4.78 is 0. The van der Waals surface area contributed by atoms with E-state index < -0.39 is 0 Å². The van der Waals surface area contributed by atoms with Gasteiger partial charge in [-0.05, 0) is 37.5 Å². The lowest BCUT2D eigenvalue weighted by Crippen LogP contribution is -2.28. The van der Waals surface area contributed by atoms with Gasteiger partial charge in [-0.2, -0.15) is 0 Å². The highest BCUT2D eigenvalue weighted by Crippen LogP contribution is 2.28. The first kappa shape index (κ1) is 13.3. The van der Waals surface area contributed by atoms with Crippen molar-refractivity contribution < 1.29 is 0 Å². The van der Waals surface area contributed by atoms with E-state index in [4.69, 9.17) is 10.7 Å². The van der Waals surface area contributed by atoms with Crippen molar-refractivity contribution in [1.82, 2.24) is 4.98 Å². The first-order valence-corrected chi connectivity index (χ1v) is 6.90. The fourth-order valence-corrected chi connectivity index (χ4v) is 2.49. The fourth-order valence-electron chi connectivity index (χ4n) is 2.49. The van der Waals surface area contributed by atoms with Crippen LogP contribution < -0.4 is 10.6 Å². The Balaban J connectivity index is 2.41. The van der Waals surface area contributed by atoms with E-state index in [2.05, 4.69) is 44.7 Å². The van der Waals surface area contributed by atoms with Gasteiger partial charge in [0.1, 0.15) is 5.82 Å². The van der Waals surface area contributed by atoms with Crippen molar-refractivity contribution >= 4 is 5.82 Å². The average molecular weight is 247 g/mol. The molecule has 0 amide bonds. The molecule has 1 aliphatic rings.